The first-order valence-corrected chi connectivity index (χ1v) is 8.32. The summed E-state index contributed by atoms with van der Waals surface area (Å²) in [5.74, 6) is -1.85. The number of aliphatic hydroxyl groups is 1. The monoisotopic (exact) mass is 340 g/mol. The lowest BCUT2D eigenvalue weighted by molar-refractivity contribution is -0.135. The third-order valence-corrected chi connectivity index (χ3v) is 4.82. The number of carbonyl (C=O) groups is 1. The largest absolute Gasteiger partial charge is 0.481 e. The SMILES string of the molecule is O=C(COc1ccc(F)cc1F)N1CCN(C2CCCC2O)CC1. The molecule has 3 rings (SSSR count). The minimum Gasteiger partial charge on any atom is -0.481 e. The van der Waals surface area contributed by atoms with Crippen LogP contribution in [-0.4, -0.2) is 65.7 Å². The van der Waals surface area contributed by atoms with Gasteiger partial charge in [-0.25, -0.2) is 8.78 Å². The van der Waals surface area contributed by atoms with Crippen LogP contribution in [0.2, 0.25) is 0 Å². The first-order valence-electron chi connectivity index (χ1n) is 8.32. The van der Waals surface area contributed by atoms with Crippen LogP contribution in [-0.2, 0) is 4.79 Å². The highest BCUT2D eigenvalue weighted by molar-refractivity contribution is 5.77. The number of benzene rings is 1. The van der Waals surface area contributed by atoms with Crippen molar-refractivity contribution in [1.29, 1.82) is 0 Å². The number of carbonyl (C=O) groups excluding carboxylic acids is 1. The summed E-state index contributed by atoms with van der Waals surface area (Å²) in [7, 11) is 0. The molecule has 24 heavy (non-hydrogen) atoms. The van der Waals surface area contributed by atoms with Gasteiger partial charge >= 0.3 is 0 Å². The molecule has 1 N–H and O–H groups in total. The van der Waals surface area contributed by atoms with Gasteiger partial charge in [-0.05, 0) is 31.4 Å². The predicted octanol–water partition coefficient (Wildman–Crippen LogP) is 1.40. The zero-order chi connectivity index (χ0) is 17.1. The molecule has 2 unspecified atom stereocenters. The molecule has 1 amide bonds. The molecule has 1 saturated heterocycles. The standard InChI is InChI=1S/C17H22F2N2O3/c18-12-4-5-16(13(19)10-12)24-11-17(23)21-8-6-20(7-9-21)14-2-1-3-15(14)22/h4-5,10,14-15,22H,1-3,6-9,11H2. The smallest absolute Gasteiger partial charge is 0.260 e. The number of aliphatic hydroxyl groups excluding tert-OH is 1. The lowest BCUT2D eigenvalue weighted by atomic mass is 10.1. The van der Waals surface area contributed by atoms with E-state index in [4.69, 9.17) is 4.74 Å². The van der Waals surface area contributed by atoms with E-state index in [2.05, 4.69) is 4.90 Å². The van der Waals surface area contributed by atoms with Crippen molar-refractivity contribution in [2.45, 2.75) is 31.4 Å². The van der Waals surface area contributed by atoms with Crippen LogP contribution >= 0.6 is 0 Å². The molecule has 0 spiro atoms. The second-order valence-corrected chi connectivity index (χ2v) is 6.35. The van der Waals surface area contributed by atoms with Gasteiger partial charge in [-0.1, -0.05) is 0 Å². The van der Waals surface area contributed by atoms with E-state index in [0.29, 0.717) is 13.1 Å². The Morgan fingerprint density at radius 2 is 1.96 bits per heavy atom. The Hall–Kier alpha value is -1.73. The van der Waals surface area contributed by atoms with Crippen LogP contribution in [0.4, 0.5) is 8.78 Å². The van der Waals surface area contributed by atoms with Gasteiger partial charge in [0.25, 0.3) is 5.91 Å². The van der Waals surface area contributed by atoms with Crippen LogP contribution in [0.15, 0.2) is 18.2 Å². The summed E-state index contributed by atoms with van der Waals surface area (Å²) in [4.78, 5) is 16.1. The van der Waals surface area contributed by atoms with Crippen LogP contribution in [0.25, 0.3) is 0 Å². The summed E-state index contributed by atoms with van der Waals surface area (Å²) >= 11 is 0. The van der Waals surface area contributed by atoms with Crippen molar-refractivity contribution in [2.24, 2.45) is 0 Å². The maximum Gasteiger partial charge on any atom is 0.260 e. The predicted molar refractivity (Wildman–Crippen MR) is 83.7 cm³/mol. The Balaban J connectivity index is 1.46. The fourth-order valence-corrected chi connectivity index (χ4v) is 3.47. The van der Waals surface area contributed by atoms with E-state index >= 15 is 0 Å². The van der Waals surface area contributed by atoms with Crippen molar-refractivity contribution in [3.63, 3.8) is 0 Å². The van der Waals surface area contributed by atoms with Crippen LogP contribution in [0.5, 0.6) is 5.75 Å². The third-order valence-electron chi connectivity index (χ3n) is 4.82. The zero-order valence-electron chi connectivity index (χ0n) is 13.5. The lowest BCUT2D eigenvalue weighted by Crippen LogP contribution is -2.54. The summed E-state index contributed by atoms with van der Waals surface area (Å²) in [5, 5.41) is 9.97. The average Bonchev–Trinajstić information content (AvgIpc) is 3.00. The Labute approximate surface area is 139 Å². The number of halogens is 2. The van der Waals surface area contributed by atoms with Gasteiger partial charge in [0.2, 0.25) is 0 Å². The van der Waals surface area contributed by atoms with E-state index in [1.54, 1.807) is 4.90 Å². The number of piperazine rings is 1. The molecule has 1 heterocycles. The maximum atomic E-state index is 13.5. The van der Waals surface area contributed by atoms with Crippen molar-refractivity contribution < 1.29 is 23.4 Å². The Kier molecular flexibility index (Phi) is 5.30. The minimum atomic E-state index is -0.817. The number of nitrogens with zero attached hydrogens (tertiary/aromatic N) is 2. The molecule has 1 aromatic rings. The van der Waals surface area contributed by atoms with E-state index in [0.717, 1.165) is 44.5 Å². The van der Waals surface area contributed by atoms with Crippen LogP contribution < -0.4 is 4.74 Å². The van der Waals surface area contributed by atoms with Crippen molar-refractivity contribution in [2.75, 3.05) is 32.8 Å². The quantitative estimate of drug-likeness (QED) is 0.900. The Bertz CT molecular complexity index is 591. The zero-order valence-corrected chi connectivity index (χ0v) is 13.5. The molecule has 2 fully saturated rings. The fourth-order valence-electron chi connectivity index (χ4n) is 3.47. The van der Waals surface area contributed by atoms with Gasteiger partial charge < -0.3 is 14.7 Å². The first-order chi connectivity index (χ1) is 11.5. The van der Waals surface area contributed by atoms with Gasteiger partial charge in [-0.3, -0.25) is 9.69 Å². The van der Waals surface area contributed by atoms with Gasteiger partial charge in [0, 0.05) is 38.3 Å². The molecule has 1 aliphatic carbocycles. The first kappa shape index (κ1) is 17.1. The second kappa shape index (κ2) is 7.44. The summed E-state index contributed by atoms with van der Waals surface area (Å²) in [6, 6.07) is 3.20. The molecule has 0 bridgehead atoms. The maximum absolute atomic E-state index is 13.5. The van der Waals surface area contributed by atoms with Crippen molar-refractivity contribution in [3.05, 3.63) is 29.8 Å². The molecule has 0 radical (unpaired) electrons. The summed E-state index contributed by atoms with van der Waals surface area (Å²) in [6.07, 6.45) is 2.63. The Morgan fingerprint density at radius 3 is 2.58 bits per heavy atom. The molecule has 0 aromatic heterocycles. The van der Waals surface area contributed by atoms with E-state index in [1.165, 1.54) is 6.07 Å². The molecule has 1 saturated carbocycles. The van der Waals surface area contributed by atoms with Crippen LogP contribution in [0.1, 0.15) is 19.3 Å². The highest BCUT2D eigenvalue weighted by Gasteiger charge is 2.33. The van der Waals surface area contributed by atoms with Crippen molar-refractivity contribution >= 4 is 5.91 Å². The molecule has 2 atom stereocenters. The lowest BCUT2D eigenvalue weighted by Gasteiger charge is -2.39. The molecule has 2 aliphatic rings. The topological polar surface area (TPSA) is 53.0 Å². The molecule has 132 valence electrons. The highest BCUT2D eigenvalue weighted by Crippen LogP contribution is 2.25. The number of hydrogen-bond donors (Lipinski definition) is 1. The molecule has 1 aromatic carbocycles. The van der Waals surface area contributed by atoms with Gasteiger partial charge in [0.15, 0.2) is 18.2 Å². The third kappa shape index (κ3) is 3.84. The van der Waals surface area contributed by atoms with E-state index < -0.39 is 11.6 Å². The minimum absolute atomic E-state index is 0.127. The average molecular weight is 340 g/mol. The van der Waals surface area contributed by atoms with Crippen LogP contribution in [0.3, 0.4) is 0 Å². The number of amides is 1. The number of rotatable bonds is 4. The van der Waals surface area contributed by atoms with E-state index in [1.807, 2.05) is 0 Å². The summed E-state index contributed by atoms with van der Waals surface area (Å²) < 4.78 is 31.5. The molecular weight excluding hydrogens is 318 g/mol. The van der Waals surface area contributed by atoms with Gasteiger partial charge in [0.05, 0.1) is 6.10 Å². The van der Waals surface area contributed by atoms with E-state index in [-0.39, 0.29) is 30.4 Å². The Morgan fingerprint density at radius 1 is 1.21 bits per heavy atom. The van der Waals surface area contributed by atoms with Crippen molar-refractivity contribution in [3.8, 4) is 5.75 Å². The summed E-state index contributed by atoms with van der Waals surface area (Å²) in [5.41, 5.74) is 0. The normalized spacial score (nSPS) is 25.0. The number of hydrogen-bond acceptors (Lipinski definition) is 4. The molecular formula is C17H22F2N2O3. The highest BCUT2D eigenvalue weighted by atomic mass is 19.1. The van der Waals surface area contributed by atoms with Crippen molar-refractivity contribution in [1.82, 2.24) is 9.80 Å². The van der Waals surface area contributed by atoms with Crippen LogP contribution in [0, 0.1) is 11.6 Å². The summed E-state index contributed by atoms with van der Waals surface area (Å²) in [6.45, 7) is 2.31. The van der Waals surface area contributed by atoms with E-state index in [9.17, 15) is 18.7 Å². The van der Waals surface area contributed by atoms with Gasteiger partial charge in [-0.15, -0.1) is 0 Å². The second-order valence-electron chi connectivity index (χ2n) is 6.35. The fraction of sp³-hybridized carbons (Fsp3) is 0.588. The molecule has 5 nitrogen and oxygen atoms in total. The van der Waals surface area contributed by atoms with Gasteiger partial charge in [-0.2, -0.15) is 0 Å². The molecule has 7 heteroatoms. The number of ether oxygens (including phenoxy) is 1. The van der Waals surface area contributed by atoms with Gasteiger partial charge in [0.1, 0.15) is 5.82 Å². The molecule has 1 aliphatic heterocycles.